The minimum Gasteiger partial charge on any atom is -0.497 e. The van der Waals surface area contributed by atoms with Crippen molar-refractivity contribution < 1.29 is 9.53 Å². The van der Waals surface area contributed by atoms with Crippen molar-refractivity contribution in [3.05, 3.63) is 24.3 Å². The normalized spacial score (nSPS) is 20.5. The van der Waals surface area contributed by atoms with Crippen LogP contribution in [0.5, 0.6) is 5.75 Å². The molecule has 2 fully saturated rings. The van der Waals surface area contributed by atoms with Gasteiger partial charge in [0.1, 0.15) is 5.75 Å². The maximum absolute atomic E-state index is 12.1. The monoisotopic (exact) mass is 303 g/mol. The highest BCUT2D eigenvalue weighted by atomic mass is 16.5. The Balaban J connectivity index is 1.51. The van der Waals surface area contributed by atoms with Crippen molar-refractivity contribution in [3.8, 4) is 5.75 Å². The first-order valence-electron chi connectivity index (χ1n) is 8.11. The van der Waals surface area contributed by atoms with Crippen LogP contribution in [-0.4, -0.2) is 56.2 Å². The first-order chi connectivity index (χ1) is 10.7. The average Bonchev–Trinajstić information content (AvgIpc) is 3.38. The Kier molecular flexibility index (Phi) is 4.52. The molecule has 0 spiro atoms. The summed E-state index contributed by atoms with van der Waals surface area (Å²) in [5.74, 6) is 1.06. The molecule has 1 aromatic carbocycles. The fraction of sp³-hybridized carbons (Fsp3) is 0.588. The molecular weight excluding hydrogens is 278 g/mol. The summed E-state index contributed by atoms with van der Waals surface area (Å²) in [5, 5.41) is 3.10. The van der Waals surface area contributed by atoms with Crippen molar-refractivity contribution in [1.82, 2.24) is 10.2 Å². The van der Waals surface area contributed by atoms with E-state index in [9.17, 15) is 4.79 Å². The lowest BCUT2D eigenvalue weighted by Gasteiger charge is -2.38. The fourth-order valence-corrected chi connectivity index (χ4v) is 2.88. The van der Waals surface area contributed by atoms with Gasteiger partial charge in [-0.15, -0.1) is 0 Å². The summed E-state index contributed by atoms with van der Waals surface area (Å²) in [7, 11) is 1.68. The minimum absolute atomic E-state index is 0.0291. The third-order valence-corrected chi connectivity index (χ3v) is 4.60. The van der Waals surface area contributed by atoms with Crippen LogP contribution >= 0.6 is 0 Å². The number of carbonyl (C=O) groups excluding carboxylic acids is 1. The van der Waals surface area contributed by atoms with Gasteiger partial charge in [-0.25, -0.2) is 0 Å². The first-order valence-corrected chi connectivity index (χ1v) is 8.11. The molecule has 1 aromatic rings. The van der Waals surface area contributed by atoms with Crippen LogP contribution in [0.25, 0.3) is 0 Å². The summed E-state index contributed by atoms with van der Waals surface area (Å²) in [6.45, 7) is 5.76. The van der Waals surface area contributed by atoms with E-state index in [1.807, 2.05) is 19.1 Å². The lowest BCUT2D eigenvalue weighted by atomic mass is 10.2. The summed E-state index contributed by atoms with van der Waals surface area (Å²) >= 11 is 0. The third kappa shape index (κ3) is 3.53. The van der Waals surface area contributed by atoms with Crippen LogP contribution in [0.2, 0.25) is 0 Å². The van der Waals surface area contributed by atoms with Gasteiger partial charge in [0.25, 0.3) is 0 Å². The summed E-state index contributed by atoms with van der Waals surface area (Å²) in [5.41, 5.74) is 1.22. The van der Waals surface area contributed by atoms with E-state index in [0.717, 1.165) is 44.8 Å². The Labute approximate surface area is 132 Å². The van der Waals surface area contributed by atoms with Gasteiger partial charge < -0.3 is 15.0 Å². The second-order valence-electron chi connectivity index (χ2n) is 6.18. The van der Waals surface area contributed by atoms with Crippen LogP contribution in [0.4, 0.5) is 5.69 Å². The molecule has 0 bridgehead atoms. The minimum atomic E-state index is -0.0291. The van der Waals surface area contributed by atoms with Gasteiger partial charge in [-0.1, -0.05) is 0 Å². The smallest absolute Gasteiger partial charge is 0.237 e. The molecule has 1 amide bonds. The molecule has 1 unspecified atom stereocenters. The molecule has 120 valence electrons. The van der Waals surface area contributed by atoms with E-state index in [-0.39, 0.29) is 11.9 Å². The molecule has 2 aliphatic rings. The number of benzene rings is 1. The standard InChI is InChI=1S/C17H25N3O2/c1-13(17(21)18-14-3-4-14)19-9-11-20(12-10-19)15-5-7-16(22-2)8-6-15/h5-8,13-14H,3-4,9-12H2,1-2H3,(H,18,21). The Morgan fingerprint density at radius 1 is 1.18 bits per heavy atom. The van der Waals surface area contributed by atoms with Gasteiger partial charge in [0, 0.05) is 37.9 Å². The number of ether oxygens (including phenoxy) is 1. The topological polar surface area (TPSA) is 44.8 Å². The highest BCUT2D eigenvalue weighted by molar-refractivity contribution is 5.81. The summed E-state index contributed by atoms with van der Waals surface area (Å²) < 4.78 is 5.20. The van der Waals surface area contributed by atoms with Crippen LogP contribution in [0.15, 0.2) is 24.3 Å². The van der Waals surface area contributed by atoms with Crippen LogP contribution in [0, 0.1) is 0 Å². The lowest BCUT2D eigenvalue weighted by Crippen LogP contribution is -2.54. The maximum atomic E-state index is 12.1. The van der Waals surface area contributed by atoms with E-state index in [0.29, 0.717) is 6.04 Å². The predicted octanol–water partition coefficient (Wildman–Crippen LogP) is 1.48. The number of nitrogens with zero attached hydrogens (tertiary/aromatic N) is 2. The fourth-order valence-electron chi connectivity index (χ4n) is 2.88. The van der Waals surface area contributed by atoms with Crippen molar-refractivity contribution in [2.24, 2.45) is 0 Å². The number of hydrogen-bond donors (Lipinski definition) is 1. The molecule has 3 rings (SSSR count). The summed E-state index contributed by atoms with van der Waals surface area (Å²) in [6, 6.07) is 8.59. The number of nitrogens with one attached hydrogen (secondary N) is 1. The molecule has 1 heterocycles. The second kappa shape index (κ2) is 6.57. The highest BCUT2D eigenvalue weighted by Gasteiger charge is 2.29. The Hall–Kier alpha value is -1.75. The van der Waals surface area contributed by atoms with Crippen molar-refractivity contribution in [2.75, 3.05) is 38.2 Å². The number of amides is 1. The molecule has 1 N–H and O–H groups in total. The molecule has 1 saturated carbocycles. The Morgan fingerprint density at radius 3 is 2.36 bits per heavy atom. The predicted molar refractivity (Wildman–Crippen MR) is 87.4 cm³/mol. The largest absolute Gasteiger partial charge is 0.497 e. The SMILES string of the molecule is COc1ccc(N2CCN(C(C)C(=O)NC3CC3)CC2)cc1. The van der Waals surface area contributed by atoms with E-state index < -0.39 is 0 Å². The molecule has 5 nitrogen and oxygen atoms in total. The van der Waals surface area contributed by atoms with Gasteiger partial charge in [-0.3, -0.25) is 9.69 Å². The highest BCUT2D eigenvalue weighted by Crippen LogP contribution is 2.22. The average molecular weight is 303 g/mol. The van der Waals surface area contributed by atoms with Gasteiger partial charge in [0.2, 0.25) is 5.91 Å². The molecule has 0 radical (unpaired) electrons. The number of methoxy groups -OCH3 is 1. The quantitative estimate of drug-likeness (QED) is 0.895. The maximum Gasteiger partial charge on any atom is 0.237 e. The number of carbonyl (C=O) groups is 1. The van der Waals surface area contributed by atoms with Gasteiger partial charge in [0.05, 0.1) is 13.2 Å². The molecule has 1 saturated heterocycles. The van der Waals surface area contributed by atoms with Gasteiger partial charge in [0.15, 0.2) is 0 Å². The van der Waals surface area contributed by atoms with E-state index in [4.69, 9.17) is 4.74 Å². The summed E-state index contributed by atoms with van der Waals surface area (Å²) in [6.07, 6.45) is 2.29. The van der Waals surface area contributed by atoms with E-state index in [1.165, 1.54) is 5.69 Å². The molecule has 1 aliphatic carbocycles. The van der Waals surface area contributed by atoms with Crippen molar-refractivity contribution in [1.29, 1.82) is 0 Å². The zero-order valence-corrected chi connectivity index (χ0v) is 13.4. The zero-order chi connectivity index (χ0) is 15.5. The van der Waals surface area contributed by atoms with E-state index in [1.54, 1.807) is 7.11 Å². The number of hydrogen-bond acceptors (Lipinski definition) is 4. The van der Waals surface area contributed by atoms with Gasteiger partial charge >= 0.3 is 0 Å². The van der Waals surface area contributed by atoms with E-state index in [2.05, 4.69) is 27.2 Å². The number of piperazine rings is 1. The number of rotatable bonds is 5. The van der Waals surface area contributed by atoms with Crippen LogP contribution < -0.4 is 15.0 Å². The summed E-state index contributed by atoms with van der Waals surface area (Å²) in [4.78, 5) is 16.8. The first kappa shape index (κ1) is 15.2. The van der Waals surface area contributed by atoms with Gasteiger partial charge in [-0.05, 0) is 44.0 Å². The lowest BCUT2D eigenvalue weighted by molar-refractivity contribution is -0.126. The molecule has 5 heteroatoms. The second-order valence-corrected chi connectivity index (χ2v) is 6.18. The number of anilines is 1. The Bertz CT molecular complexity index is 505. The van der Waals surface area contributed by atoms with Crippen molar-refractivity contribution >= 4 is 11.6 Å². The molecule has 0 aromatic heterocycles. The van der Waals surface area contributed by atoms with Crippen LogP contribution in [0.1, 0.15) is 19.8 Å². The molecular formula is C17H25N3O2. The Morgan fingerprint density at radius 2 is 1.82 bits per heavy atom. The van der Waals surface area contributed by atoms with Crippen molar-refractivity contribution in [2.45, 2.75) is 31.8 Å². The van der Waals surface area contributed by atoms with E-state index >= 15 is 0 Å². The molecule has 1 aliphatic heterocycles. The van der Waals surface area contributed by atoms with Gasteiger partial charge in [-0.2, -0.15) is 0 Å². The van der Waals surface area contributed by atoms with Crippen LogP contribution in [0.3, 0.4) is 0 Å². The third-order valence-electron chi connectivity index (χ3n) is 4.60. The van der Waals surface area contributed by atoms with Crippen molar-refractivity contribution in [3.63, 3.8) is 0 Å². The molecule has 22 heavy (non-hydrogen) atoms. The molecule has 1 atom stereocenters. The van der Waals surface area contributed by atoms with Crippen LogP contribution in [-0.2, 0) is 4.79 Å². The zero-order valence-electron chi connectivity index (χ0n) is 13.4.